The molecule has 2 atom stereocenters. The van der Waals surface area contributed by atoms with Crippen molar-refractivity contribution in [1.29, 1.82) is 0 Å². The Labute approximate surface area is 198 Å². The highest BCUT2D eigenvalue weighted by Gasteiger charge is 2.50. The number of likely N-dealkylation sites (tertiary alicyclic amines) is 1. The van der Waals surface area contributed by atoms with E-state index in [2.05, 4.69) is 4.90 Å². The SMILES string of the molecule is CCOC(=O)N1C2CCC1CC(N1CCC3(CC1)CN(C(C)=O)c1ccc(C(F)(F)F)cc13)C2. The number of alkyl halides is 3. The molecule has 0 aromatic heterocycles. The third kappa shape index (κ3) is 3.85. The average molecular weight is 480 g/mol. The normalized spacial score (nSPS) is 28.3. The Kier molecular flexibility index (Phi) is 5.81. The molecule has 1 aromatic rings. The quantitative estimate of drug-likeness (QED) is 0.624. The number of anilines is 1. The molecule has 3 fully saturated rings. The van der Waals surface area contributed by atoms with Crippen molar-refractivity contribution in [3.63, 3.8) is 0 Å². The number of benzene rings is 1. The third-order valence-corrected chi connectivity index (χ3v) is 8.49. The van der Waals surface area contributed by atoms with Crippen LogP contribution in [-0.4, -0.2) is 66.2 Å². The molecule has 0 N–H and O–H groups in total. The smallest absolute Gasteiger partial charge is 0.416 e. The molecule has 2 bridgehead atoms. The molecule has 6 nitrogen and oxygen atoms in total. The van der Waals surface area contributed by atoms with Crippen LogP contribution in [0.4, 0.5) is 23.7 Å². The van der Waals surface area contributed by atoms with Crippen LogP contribution in [0.2, 0.25) is 0 Å². The lowest BCUT2D eigenvalue weighted by atomic mass is 9.73. The van der Waals surface area contributed by atoms with Gasteiger partial charge in [0, 0.05) is 42.7 Å². The second-order valence-electron chi connectivity index (χ2n) is 10.3. The summed E-state index contributed by atoms with van der Waals surface area (Å²) in [6.07, 6.45) is 0.646. The summed E-state index contributed by atoms with van der Waals surface area (Å²) in [5.74, 6) is -0.136. The molecule has 186 valence electrons. The first-order chi connectivity index (χ1) is 16.1. The fourth-order valence-electron chi connectivity index (χ4n) is 6.81. The maximum atomic E-state index is 13.5. The molecule has 2 amide bonds. The lowest BCUT2D eigenvalue weighted by Crippen LogP contribution is -2.55. The number of hydrogen-bond donors (Lipinski definition) is 0. The monoisotopic (exact) mass is 479 g/mol. The van der Waals surface area contributed by atoms with Crippen LogP contribution in [0.5, 0.6) is 0 Å². The molecule has 4 heterocycles. The van der Waals surface area contributed by atoms with E-state index < -0.39 is 17.2 Å². The van der Waals surface area contributed by atoms with Gasteiger partial charge in [0.1, 0.15) is 0 Å². The Bertz CT molecular complexity index is 960. The van der Waals surface area contributed by atoms with E-state index in [4.69, 9.17) is 4.74 Å². The van der Waals surface area contributed by atoms with Gasteiger partial charge in [0.05, 0.1) is 12.2 Å². The lowest BCUT2D eigenvalue weighted by Gasteiger charge is -2.47. The van der Waals surface area contributed by atoms with Crippen LogP contribution >= 0.6 is 0 Å². The molecule has 4 aliphatic heterocycles. The van der Waals surface area contributed by atoms with Gasteiger partial charge in [0.25, 0.3) is 0 Å². The first kappa shape index (κ1) is 23.5. The predicted molar refractivity (Wildman–Crippen MR) is 121 cm³/mol. The molecule has 1 spiro atoms. The van der Waals surface area contributed by atoms with Gasteiger partial charge < -0.3 is 19.4 Å². The summed E-state index contributed by atoms with van der Waals surface area (Å²) >= 11 is 0. The number of carbonyl (C=O) groups excluding carboxylic acids is 2. The molecule has 9 heteroatoms. The number of carbonyl (C=O) groups is 2. The van der Waals surface area contributed by atoms with Gasteiger partial charge in [0.15, 0.2) is 0 Å². The van der Waals surface area contributed by atoms with E-state index in [1.165, 1.54) is 19.1 Å². The minimum atomic E-state index is -4.41. The van der Waals surface area contributed by atoms with Crippen LogP contribution in [0.1, 0.15) is 63.5 Å². The molecule has 34 heavy (non-hydrogen) atoms. The molecule has 3 saturated heterocycles. The second kappa shape index (κ2) is 8.43. The van der Waals surface area contributed by atoms with Gasteiger partial charge in [-0.3, -0.25) is 4.79 Å². The number of hydrogen-bond acceptors (Lipinski definition) is 4. The number of rotatable bonds is 2. The number of ether oxygens (including phenoxy) is 1. The van der Waals surface area contributed by atoms with Crippen molar-refractivity contribution in [1.82, 2.24) is 9.80 Å². The predicted octanol–water partition coefficient (Wildman–Crippen LogP) is 4.56. The van der Waals surface area contributed by atoms with Crippen molar-refractivity contribution in [2.75, 3.05) is 31.1 Å². The Morgan fingerprint density at radius 1 is 1.09 bits per heavy atom. The van der Waals surface area contributed by atoms with Gasteiger partial charge in [-0.15, -0.1) is 0 Å². The standard InChI is InChI=1S/C25H32F3N3O3/c1-3-34-23(33)31-18-5-6-19(31)14-20(13-18)29-10-8-24(9-11-29)15-30(16(2)32)22-7-4-17(12-21(22)24)25(26,27)28/h4,7,12,18-20H,3,5-6,8-11,13-15H2,1-2H3. The Morgan fingerprint density at radius 3 is 2.29 bits per heavy atom. The van der Waals surface area contributed by atoms with Crippen molar-refractivity contribution in [2.24, 2.45) is 0 Å². The summed E-state index contributed by atoms with van der Waals surface area (Å²) in [6, 6.07) is 4.58. The topological polar surface area (TPSA) is 53.1 Å². The maximum Gasteiger partial charge on any atom is 0.416 e. The molecule has 0 saturated carbocycles. The van der Waals surface area contributed by atoms with E-state index in [1.807, 2.05) is 11.8 Å². The second-order valence-corrected chi connectivity index (χ2v) is 10.3. The Balaban J connectivity index is 1.32. The maximum absolute atomic E-state index is 13.5. The summed E-state index contributed by atoms with van der Waals surface area (Å²) in [7, 11) is 0. The van der Waals surface area contributed by atoms with Crippen LogP contribution in [0.3, 0.4) is 0 Å². The van der Waals surface area contributed by atoms with Gasteiger partial charge in [-0.2, -0.15) is 13.2 Å². The fourth-order valence-corrected chi connectivity index (χ4v) is 6.81. The summed E-state index contributed by atoms with van der Waals surface area (Å²) in [5, 5.41) is 0. The first-order valence-corrected chi connectivity index (χ1v) is 12.3. The highest BCUT2D eigenvalue weighted by molar-refractivity contribution is 5.94. The van der Waals surface area contributed by atoms with Gasteiger partial charge in [0.2, 0.25) is 5.91 Å². The molecule has 2 unspecified atom stereocenters. The zero-order valence-corrected chi connectivity index (χ0v) is 19.7. The first-order valence-electron chi connectivity index (χ1n) is 12.3. The van der Waals surface area contributed by atoms with Gasteiger partial charge in [-0.25, -0.2) is 4.79 Å². The van der Waals surface area contributed by atoms with Gasteiger partial charge >= 0.3 is 12.3 Å². The Hall–Kier alpha value is -2.29. The van der Waals surface area contributed by atoms with Crippen molar-refractivity contribution in [3.8, 4) is 0 Å². The zero-order valence-electron chi connectivity index (χ0n) is 19.7. The number of nitrogens with zero attached hydrogens (tertiary/aromatic N) is 3. The summed E-state index contributed by atoms with van der Waals surface area (Å²) in [5.41, 5.74) is 0.189. The van der Waals surface area contributed by atoms with Crippen LogP contribution < -0.4 is 4.90 Å². The molecule has 5 rings (SSSR count). The van der Waals surface area contributed by atoms with E-state index in [0.29, 0.717) is 30.4 Å². The van der Waals surface area contributed by atoms with Crippen molar-refractivity contribution in [2.45, 2.75) is 82.1 Å². The van der Waals surface area contributed by atoms with Gasteiger partial charge in [-0.05, 0) is 82.3 Å². The number of amides is 2. The average Bonchev–Trinajstić information content (AvgIpc) is 3.25. The summed E-state index contributed by atoms with van der Waals surface area (Å²) in [4.78, 5) is 30.7. The fraction of sp³-hybridized carbons (Fsp3) is 0.680. The lowest BCUT2D eigenvalue weighted by molar-refractivity contribution is -0.137. The molecule has 4 aliphatic rings. The molecule has 0 radical (unpaired) electrons. The van der Waals surface area contributed by atoms with Gasteiger partial charge in [-0.1, -0.05) is 0 Å². The van der Waals surface area contributed by atoms with Crippen LogP contribution in [0.15, 0.2) is 18.2 Å². The van der Waals surface area contributed by atoms with E-state index >= 15 is 0 Å². The minimum Gasteiger partial charge on any atom is -0.450 e. The van der Waals surface area contributed by atoms with Crippen LogP contribution in [-0.2, 0) is 21.1 Å². The van der Waals surface area contributed by atoms with Crippen molar-refractivity contribution in [3.05, 3.63) is 29.3 Å². The number of fused-ring (bicyclic) bond motifs is 4. The van der Waals surface area contributed by atoms with Crippen LogP contribution in [0.25, 0.3) is 0 Å². The summed E-state index contributed by atoms with van der Waals surface area (Å²) < 4.78 is 45.7. The third-order valence-electron chi connectivity index (χ3n) is 8.49. The highest BCUT2D eigenvalue weighted by atomic mass is 19.4. The van der Waals surface area contributed by atoms with Crippen molar-refractivity contribution >= 4 is 17.7 Å². The zero-order chi connectivity index (χ0) is 24.3. The van der Waals surface area contributed by atoms with Crippen LogP contribution in [0, 0.1) is 0 Å². The largest absolute Gasteiger partial charge is 0.450 e. The van der Waals surface area contributed by atoms with E-state index in [1.54, 1.807) is 4.90 Å². The molecule has 0 aliphatic carbocycles. The molecule has 1 aromatic carbocycles. The number of halogens is 3. The van der Waals surface area contributed by atoms with Crippen molar-refractivity contribution < 1.29 is 27.5 Å². The molecular formula is C25H32F3N3O3. The molecular weight excluding hydrogens is 447 g/mol. The van der Waals surface area contributed by atoms with E-state index in [-0.39, 0.29) is 24.1 Å². The highest BCUT2D eigenvalue weighted by Crippen LogP contribution is 2.50. The Morgan fingerprint density at radius 2 is 1.74 bits per heavy atom. The minimum absolute atomic E-state index is 0.136. The van der Waals surface area contributed by atoms with E-state index in [9.17, 15) is 22.8 Å². The summed E-state index contributed by atoms with van der Waals surface area (Å²) in [6.45, 7) is 5.68. The van der Waals surface area contributed by atoms with E-state index in [0.717, 1.165) is 57.7 Å². The number of piperidine rings is 2.